The monoisotopic (exact) mass is 360 g/mol. The lowest BCUT2D eigenvalue weighted by molar-refractivity contribution is -0.117. The third kappa shape index (κ3) is 3.76. The number of sulfonamides is 1. The van der Waals surface area contributed by atoms with Crippen LogP contribution < -0.4 is 14.4 Å². The van der Waals surface area contributed by atoms with Crippen molar-refractivity contribution in [1.29, 1.82) is 0 Å². The highest BCUT2D eigenvalue weighted by atomic mass is 32.2. The number of amides is 1. The van der Waals surface area contributed by atoms with E-state index in [4.69, 9.17) is 4.74 Å². The largest absolute Gasteiger partial charge is 0.497 e. The Morgan fingerprint density at radius 1 is 1.20 bits per heavy atom. The van der Waals surface area contributed by atoms with Gasteiger partial charge in [0, 0.05) is 17.9 Å². The van der Waals surface area contributed by atoms with Gasteiger partial charge in [0.15, 0.2) is 0 Å². The molecule has 0 bridgehead atoms. The molecule has 132 valence electrons. The fourth-order valence-electron chi connectivity index (χ4n) is 2.99. The Bertz CT molecular complexity index is 909. The minimum Gasteiger partial charge on any atom is -0.497 e. The number of fused-ring (bicyclic) bond motifs is 1. The average Bonchev–Trinajstić information content (AvgIpc) is 2.88. The van der Waals surface area contributed by atoms with Crippen molar-refractivity contribution in [2.75, 3.05) is 23.3 Å². The van der Waals surface area contributed by atoms with E-state index in [0.717, 1.165) is 11.3 Å². The van der Waals surface area contributed by atoms with Gasteiger partial charge in [-0.3, -0.25) is 9.52 Å². The van der Waals surface area contributed by atoms with Crippen LogP contribution in [-0.2, 0) is 27.0 Å². The zero-order chi connectivity index (χ0) is 18.0. The topological polar surface area (TPSA) is 75.7 Å². The summed E-state index contributed by atoms with van der Waals surface area (Å²) in [4.78, 5) is 13.6. The van der Waals surface area contributed by atoms with E-state index < -0.39 is 10.0 Å². The van der Waals surface area contributed by atoms with E-state index >= 15 is 0 Å². The van der Waals surface area contributed by atoms with E-state index in [2.05, 4.69) is 4.72 Å². The number of benzene rings is 2. The summed E-state index contributed by atoms with van der Waals surface area (Å²) in [6.07, 6.45) is 0.300. The second-order valence-corrected chi connectivity index (χ2v) is 7.59. The van der Waals surface area contributed by atoms with Gasteiger partial charge < -0.3 is 9.64 Å². The lowest BCUT2D eigenvalue weighted by Crippen LogP contribution is -2.25. The van der Waals surface area contributed by atoms with E-state index in [1.165, 1.54) is 7.11 Å². The fraction of sp³-hybridized carbons (Fsp3) is 0.278. The van der Waals surface area contributed by atoms with Gasteiger partial charge in [-0.25, -0.2) is 8.42 Å². The quantitative estimate of drug-likeness (QED) is 0.859. The molecule has 0 aliphatic carbocycles. The van der Waals surface area contributed by atoms with Crippen molar-refractivity contribution in [3.8, 4) is 5.75 Å². The highest BCUT2D eigenvalue weighted by Gasteiger charge is 2.26. The summed E-state index contributed by atoms with van der Waals surface area (Å²) >= 11 is 0. The second kappa shape index (κ2) is 6.76. The number of rotatable bonds is 6. The molecule has 1 aliphatic heterocycles. The second-order valence-electron chi connectivity index (χ2n) is 5.87. The van der Waals surface area contributed by atoms with Gasteiger partial charge in [0.2, 0.25) is 15.9 Å². The summed E-state index contributed by atoms with van der Waals surface area (Å²) in [5.41, 5.74) is 2.80. The van der Waals surface area contributed by atoms with E-state index in [1.54, 1.807) is 47.4 Å². The number of likely N-dealkylation sites (N-methyl/N-ethyl adjacent to an activating group) is 1. The normalized spacial score (nSPS) is 13.7. The summed E-state index contributed by atoms with van der Waals surface area (Å²) in [7, 11) is -2.03. The number of nitrogens with zero attached hydrogens (tertiary/aromatic N) is 1. The Labute approximate surface area is 147 Å². The number of nitrogens with one attached hydrogen (secondary N) is 1. The smallest absolute Gasteiger partial charge is 0.236 e. The molecule has 3 rings (SSSR count). The molecule has 1 amide bonds. The standard InChI is InChI=1S/C18H20N2O4S/c1-3-20-17-8-7-15(10-14(17)11-18(20)21)19-25(22,23)12-13-5-4-6-16(9-13)24-2/h4-10,19H,3,11-12H2,1-2H3. The average molecular weight is 360 g/mol. The lowest BCUT2D eigenvalue weighted by Gasteiger charge is -2.15. The predicted molar refractivity (Wildman–Crippen MR) is 97.4 cm³/mol. The van der Waals surface area contributed by atoms with Crippen molar-refractivity contribution in [3.05, 3.63) is 53.6 Å². The molecule has 25 heavy (non-hydrogen) atoms. The van der Waals surface area contributed by atoms with E-state index in [-0.39, 0.29) is 11.7 Å². The first-order chi connectivity index (χ1) is 11.9. The van der Waals surface area contributed by atoms with Crippen molar-refractivity contribution >= 4 is 27.3 Å². The molecular weight excluding hydrogens is 340 g/mol. The number of ether oxygens (including phenoxy) is 1. The van der Waals surface area contributed by atoms with Crippen LogP contribution >= 0.6 is 0 Å². The molecule has 0 saturated carbocycles. The molecule has 0 spiro atoms. The molecular formula is C18H20N2O4S. The highest BCUT2D eigenvalue weighted by Crippen LogP contribution is 2.31. The number of hydrogen-bond acceptors (Lipinski definition) is 4. The van der Waals surface area contributed by atoms with Crippen LogP contribution in [-0.4, -0.2) is 28.0 Å². The maximum Gasteiger partial charge on any atom is 0.236 e. The predicted octanol–water partition coefficient (Wildman–Crippen LogP) is 2.55. The maximum absolute atomic E-state index is 12.4. The van der Waals surface area contributed by atoms with Crippen molar-refractivity contribution < 1.29 is 17.9 Å². The fourth-order valence-corrected chi connectivity index (χ4v) is 4.17. The van der Waals surface area contributed by atoms with Gasteiger partial charge in [-0.2, -0.15) is 0 Å². The number of methoxy groups -OCH3 is 1. The molecule has 0 atom stereocenters. The molecule has 1 N–H and O–H groups in total. The summed E-state index contributed by atoms with van der Waals surface area (Å²) in [6, 6.07) is 12.1. The molecule has 7 heteroatoms. The molecule has 0 saturated heterocycles. The van der Waals surface area contributed by atoms with Crippen LogP contribution in [0.3, 0.4) is 0 Å². The zero-order valence-electron chi connectivity index (χ0n) is 14.2. The van der Waals surface area contributed by atoms with E-state index in [0.29, 0.717) is 30.0 Å². The Balaban J connectivity index is 1.78. The molecule has 0 unspecified atom stereocenters. The van der Waals surface area contributed by atoms with E-state index in [1.807, 2.05) is 6.92 Å². The number of carbonyl (C=O) groups excluding carboxylic acids is 1. The molecule has 2 aromatic rings. The van der Waals surface area contributed by atoms with Crippen molar-refractivity contribution in [2.24, 2.45) is 0 Å². The van der Waals surface area contributed by atoms with Gasteiger partial charge >= 0.3 is 0 Å². The highest BCUT2D eigenvalue weighted by molar-refractivity contribution is 7.91. The molecule has 0 aromatic heterocycles. The minimum absolute atomic E-state index is 0.0360. The lowest BCUT2D eigenvalue weighted by atomic mass is 10.1. The first-order valence-corrected chi connectivity index (χ1v) is 9.64. The van der Waals surface area contributed by atoms with E-state index in [9.17, 15) is 13.2 Å². The van der Waals surface area contributed by atoms with Gasteiger partial charge in [-0.05, 0) is 48.4 Å². The van der Waals surface area contributed by atoms with Crippen LogP contribution in [0, 0.1) is 0 Å². The Morgan fingerprint density at radius 3 is 2.72 bits per heavy atom. The van der Waals surface area contributed by atoms with Gasteiger partial charge in [0.1, 0.15) is 5.75 Å². The number of anilines is 2. The van der Waals surface area contributed by atoms with Crippen LogP contribution in [0.4, 0.5) is 11.4 Å². The van der Waals surface area contributed by atoms with Gasteiger partial charge in [-0.1, -0.05) is 12.1 Å². The summed E-state index contributed by atoms with van der Waals surface area (Å²) in [6.45, 7) is 2.52. The van der Waals surface area contributed by atoms with Crippen LogP contribution in [0.15, 0.2) is 42.5 Å². The zero-order valence-corrected chi connectivity index (χ0v) is 15.0. The Hall–Kier alpha value is -2.54. The molecule has 1 aliphatic rings. The first kappa shape index (κ1) is 17.3. The van der Waals surface area contributed by atoms with Gasteiger partial charge in [0.05, 0.1) is 19.3 Å². The van der Waals surface area contributed by atoms with Gasteiger partial charge in [-0.15, -0.1) is 0 Å². The van der Waals surface area contributed by atoms with Gasteiger partial charge in [0.25, 0.3) is 0 Å². The number of carbonyl (C=O) groups is 1. The summed E-state index contributed by atoms with van der Waals surface area (Å²) in [5.74, 6) is 0.499. The maximum atomic E-state index is 12.4. The van der Waals surface area contributed by atoms with Crippen LogP contribution in [0.25, 0.3) is 0 Å². The molecule has 0 fully saturated rings. The Morgan fingerprint density at radius 2 is 2.00 bits per heavy atom. The first-order valence-electron chi connectivity index (χ1n) is 7.98. The Kier molecular flexibility index (Phi) is 4.67. The van der Waals surface area contributed by atoms with Crippen molar-refractivity contribution in [3.63, 3.8) is 0 Å². The molecule has 6 nitrogen and oxygen atoms in total. The molecule has 2 aromatic carbocycles. The summed E-state index contributed by atoms with van der Waals surface area (Å²) in [5, 5.41) is 0. The molecule has 1 heterocycles. The van der Waals surface area contributed by atoms with Crippen LogP contribution in [0.5, 0.6) is 5.75 Å². The van der Waals surface area contributed by atoms with Crippen LogP contribution in [0.1, 0.15) is 18.1 Å². The third-order valence-corrected chi connectivity index (χ3v) is 5.35. The van der Waals surface area contributed by atoms with Crippen molar-refractivity contribution in [1.82, 2.24) is 0 Å². The minimum atomic E-state index is -3.57. The van der Waals surface area contributed by atoms with Crippen molar-refractivity contribution in [2.45, 2.75) is 19.1 Å². The molecule has 0 radical (unpaired) electrons. The van der Waals surface area contributed by atoms with Crippen LogP contribution in [0.2, 0.25) is 0 Å². The third-order valence-electron chi connectivity index (χ3n) is 4.09. The summed E-state index contributed by atoms with van der Waals surface area (Å²) < 4.78 is 32.5. The SMILES string of the molecule is CCN1C(=O)Cc2cc(NS(=O)(=O)Cc3cccc(OC)c3)ccc21. The number of hydrogen-bond donors (Lipinski definition) is 1.